The van der Waals surface area contributed by atoms with Gasteiger partial charge in [0.15, 0.2) is 0 Å². The summed E-state index contributed by atoms with van der Waals surface area (Å²) in [6.07, 6.45) is 4.74. The average Bonchev–Trinajstić information content (AvgIpc) is 3.38. The lowest BCUT2D eigenvalue weighted by atomic mass is 10.1. The van der Waals surface area contributed by atoms with Crippen molar-refractivity contribution >= 4 is 5.91 Å². The molecule has 4 rings (SSSR count). The predicted octanol–water partition coefficient (Wildman–Crippen LogP) is 3.50. The van der Waals surface area contributed by atoms with Crippen LogP contribution in [0.15, 0.2) is 67.0 Å². The maximum Gasteiger partial charge on any atom is 0.240 e. The lowest BCUT2D eigenvalue weighted by molar-refractivity contribution is -0.121. The molecule has 1 N–H and O–H groups in total. The van der Waals surface area contributed by atoms with Crippen molar-refractivity contribution in [1.82, 2.24) is 19.8 Å². The Morgan fingerprint density at radius 1 is 1.14 bits per heavy atom. The first-order chi connectivity index (χ1) is 14.2. The summed E-state index contributed by atoms with van der Waals surface area (Å²) in [6, 6.07) is 18.5. The molecule has 1 fully saturated rings. The highest BCUT2D eigenvalue weighted by Crippen LogP contribution is 2.20. The van der Waals surface area contributed by atoms with Crippen molar-refractivity contribution in [2.45, 2.75) is 26.4 Å². The van der Waals surface area contributed by atoms with E-state index in [1.54, 1.807) is 6.20 Å². The Labute approximate surface area is 172 Å². The molecule has 1 aliphatic heterocycles. The van der Waals surface area contributed by atoms with Crippen LogP contribution in [0.3, 0.4) is 0 Å². The van der Waals surface area contributed by atoms with Gasteiger partial charge in [0, 0.05) is 37.6 Å². The second-order valence-electron chi connectivity index (χ2n) is 7.87. The lowest BCUT2D eigenvalue weighted by Crippen LogP contribution is -2.33. The number of rotatable bonds is 7. The molecule has 0 saturated carbocycles. The Morgan fingerprint density at radius 2 is 1.93 bits per heavy atom. The summed E-state index contributed by atoms with van der Waals surface area (Å²) in [5.41, 5.74) is 3.76. The number of carbonyl (C=O) groups is 1. The third-order valence-electron chi connectivity index (χ3n) is 5.67. The number of aromatic nitrogens is 2. The van der Waals surface area contributed by atoms with Crippen molar-refractivity contribution in [1.29, 1.82) is 0 Å². The van der Waals surface area contributed by atoms with Gasteiger partial charge in [-0.05, 0) is 36.9 Å². The zero-order valence-corrected chi connectivity index (χ0v) is 16.9. The summed E-state index contributed by atoms with van der Waals surface area (Å²) < 4.78 is 1.91. The molecule has 1 saturated heterocycles. The lowest BCUT2D eigenvalue weighted by Gasteiger charge is -2.18. The maximum atomic E-state index is 12.5. The molecule has 29 heavy (non-hydrogen) atoms. The highest BCUT2D eigenvalue weighted by atomic mass is 16.1. The number of imidazole rings is 1. The van der Waals surface area contributed by atoms with E-state index in [0.29, 0.717) is 12.5 Å². The molecule has 2 aromatic carbocycles. The predicted molar refractivity (Wildman–Crippen MR) is 115 cm³/mol. The third-order valence-corrected chi connectivity index (χ3v) is 5.67. The van der Waals surface area contributed by atoms with Crippen LogP contribution >= 0.6 is 0 Å². The van der Waals surface area contributed by atoms with Crippen molar-refractivity contribution in [2.75, 3.05) is 19.6 Å². The van der Waals surface area contributed by atoms with Crippen LogP contribution in [0.4, 0.5) is 0 Å². The molecular formula is C24H28N4O. The number of hydrogen-bond donors (Lipinski definition) is 1. The number of benzene rings is 2. The van der Waals surface area contributed by atoms with Gasteiger partial charge < -0.3 is 9.88 Å². The first-order valence-corrected chi connectivity index (χ1v) is 10.3. The number of likely N-dealkylation sites (tertiary alicyclic amines) is 1. The van der Waals surface area contributed by atoms with E-state index in [0.717, 1.165) is 44.0 Å². The summed E-state index contributed by atoms with van der Waals surface area (Å²) in [6.45, 7) is 6.32. The highest BCUT2D eigenvalue weighted by Gasteiger charge is 2.23. The van der Waals surface area contributed by atoms with Gasteiger partial charge in [0.25, 0.3) is 0 Å². The Balaban J connectivity index is 1.26. The fourth-order valence-corrected chi connectivity index (χ4v) is 4.00. The van der Waals surface area contributed by atoms with Gasteiger partial charge in [-0.15, -0.1) is 0 Å². The molecule has 0 radical (unpaired) electrons. The van der Waals surface area contributed by atoms with Crippen molar-refractivity contribution in [3.8, 4) is 11.4 Å². The van der Waals surface area contributed by atoms with Gasteiger partial charge in [-0.1, -0.05) is 54.6 Å². The maximum absolute atomic E-state index is 12.5. The Bertz CT molecular complexity index is 950. The van der Waals surface area contributed by atoms with E-state index in [9.17, 15) is 4.79 Å². The van der Waals surface area contributed by atoms with E-state index in [1.807, 2.05) is 41.1 Å². The number of nitrogens with zero attached hydrogens (tertiary/aromatic N) is 3. The quantitative estimate of drug-likeness (QED) is 0.674. The Morgan fingerprint density at radius 3 is 2.76 bits per heavy atom. The van der Waals surface area contributed by atoms with Crippen LogP contribution < -0.4 is 5.32 Å². The molecule has 0 aliphatic carbocycles. The largest absolute Gasteiger partial charge is 0.354 e. The second kappa shape index (κ2) is 9.05. The molecule has 1 unspecified atom stereocenters. The fourth-order valence-electron chi connectivity index (χ4n) is 4.00. The van der Waals surface area contributed by atoms with Gasteiger partial charge in [-0.2, -0.15) is 0 Å². The normalized spacial score (nSPS) is 16.8. The Kier molecular flexibility index (Phi) is 6.06. The van der Waals surface area contributed by atoms with Gasteiger partial charge in [-0.3, -0.25) is 9.69 Å². The zero-order valence-electron chi connectivity index (χ0n) is 16.9. The molecule has 1 aliphatic rings. The van der Waals surface area contributed by atoms with Crippen LogP contribution in [-0.2, 0) is 17.9 Å². The van der Waals surface area contributed by atoms with E-state index in [-0.39, 0.29) is 5.91 Å². The average molecular weight is 389 g/mol. The first kappa shape index (κ1) is 19.4. The number of nitrogens with one attached hydrogen (secondary N) is 1. The Hall–Kier alpha value is -2.92. The minimum Gasteiger partial charge on any atom is -0.354 e. The highest BCUT2D eigenvalue weighted by molar-refractivity contribution is 5.76. The number of hydrogen-bond acceptors (Lipinski definition) is 3. The van der Waals surface area contributed by atoms with E-state index in [1.165, 1.54) is 11.1 Å². The summed E-state index contributed by atoms with van der Waals surface area (Å²) in [7, 11) is 0. The zero-order chi connectivity index (χ0) is 20.1. The summed E-state index contributed by atoms with van der Waals surface area (Å²) >= 11 is 0. The van der Waals surface area contributed by atoms with Crippen LogP contribution in [0.25, 0.3) is 11.4 Å². The second-order valence-corrected chi connectivity index (χ2v) is 7.87. The van der Waals surface area contributed by atoms with Crippen molar-refractivity contribution in [3.05, 3.63) is 78.1 Å². The molecule has 5 nitrogen and oxygen atoms in total. The van der Waals surface area contributed by atoms with E-state index < -0.39 is 0 Å². The molecule has 1 atom stereocenters. The van der Waals surface area contributed by atoms with Crippen molar-refractivity contribution in [3.63, 3.8) is 0 Å². The molecule has 1 aromatic heterocycles. The summed E-state index contributed by atoms with van der Waals surface area (Å²) in [5.74, 6) is 1.38. The number of aryl methyl sites for hydroxylation is 1. The van der Waals surface area contributed by atoms with Crippen LogP contribution in [0.5, 0.6) is 0 Å². The SMILES string of the molecule is Cc1ccccc1CN1CCC(CNC(=O)Cn2ccnc2-c2ccccc2)C1. The van der Waals surface area contributed by atoms with Crippen LogP contribution in [0, 0.1) is 12.8 Å². The minimum absolute atomic E-state index is 0.0394. The molecule has 0 bridgehead atoms. The van der Waals surface area contributed by atoms with Crippen molar-refractivity contribution in [2.24, 2.45) is 5.92 Å². The molecule has 150 valence electrons. The number of amides is 1. The summed E-state index contributed by atoms with van der Waals surface area (Å²) in [5, 5.41) is 3.12. The monoisotopic (exact) mass is 388 g/mol. The molecule has 0 spiro atoms. The first-order valence-electron chi connectivity index (χ1n) is 10.3. The smallest absolute Gasteiger partial charge is 0.240 e. The van der Waals surface area contributed by atoms with Gasteiger partial charge in [0.05, 0.1) is 0 Å². The van der Waals surface area contributed by atoms with Crippen molar-refractivity contribution < 1.29 is 4.79 Å². The third kappa shape index (κ3) is 4.93. The molecule has 2 heterocycles. The van der Waals surface area contributed by atoms with Crippen LogP contribution in [0.2, 0.25) is 0 Å². The van der Waals surface area contributed by atoms with Crippen LogP contribution in [0.1, 0.15) is 17.5 Å². The topological polar surface area (TPSA) is 50.2 Å². The van der Waals surface area contributed by atoms with Gasteiger partial charge in [0.1, 0.15) is 12.4 Å². The van der Waals surface area contributed by atoms with E-state index in [4.69, 9.17) is 0 Å². The molecule has 1 amide bonds. The fraction of sp³-hybridized carbons (Fsp3) is 0.333. The molecular weight excluding hydrogens is 360 g/mol. The summed E-state index contributed by atoms with van der Waals surface area (Å²) in [4.78, 5) is 19.4. The van der Waals surface area contributed by atoms with Gasteiger partial charge in [-0.25, -0.2) is 4.98 Å². The molecule has 5 heteroatoms. The molecule has 3 aromatic rings. The van der Waals surface area contributed by atoms with E-state index in [2.05, 4.69) is 46.4 Å². The minimum atomic E-state index is 0.0394. The number of carbonyl (C=O) groups excluding carboxylic acids is 1. The standard InChI is InChI=1S/C24H28N4O/c1-19-7-5-6-10-22(19)17-27-13-11-20(16-27)15-26-23(29)18-28-14-12-25-24(28)21-8-3-2-4-9-21/h2-10,12,14,20H,11,13,15-18H2,1H3,(H,26,29). The van der Waals surface area contributed by atoms with Crippen LogP contribution in [-0.4, -0.2) is 40.0 Å². The van der Waals surface area contributed by atoms with Gasteiger partial charge >= 0.3 is 0 Å². The van der Waals surface area contributed by atoms with Gasteiger partial charge in [0.2, 0.25) is 5.91 Å². The van der Waals surface area contributed by atoms with E-state index >= 15 is 0 Å².